The standard InChI is InChI=1S/C7H13ClN2O2/c1-5(7(12)10(2)3)9-6(11)4-8/h5H,4H2,1-3H3,(H,9,11). The van der Waals surface area contributed by atoms with Crippen molar-refractivity contribution in [3.63, 3.8) is 0 Å². The molecule has 0 radical (unpaired) electrons. The quantitative estimate of drug-likeness (QED) is 0.631. The van der Waals surface area contributed by atoms with Gasteiger partial charge in [-0.3, -0.25) is 9.59 Å². The first-order valence-electron chi connectivity index (χ1n) is 3.55. The molecular weight excluding hydrogens is 180 g/mol. The normalized spacial score (nSPS) is 12.0. The molecule has 0 saturated heterocycles. The van der Waals surface area contributed by atoms with E-state index in [1.165, 1.54) is 4.90 Å². The van der Waals surface area contributed by atoms with Crippen LogP contribution in [0.3, 0.4) is 0 Å². The second-order valence-corrected chi connectivity index (χ2v) is 2.92. The van der Waals surface area contributed by atoms with Gasteiger partial charge in [0.1, 0.15) is 11.9 Å². The number of carbonyl (C=O) groups is 2. The first-order valence-corrected chi connectivity index (χ1v) is 4.09. The van der Waals surface area contributed by atoms with E-state index in [9.17, 15) is 9.59 Å². The van der Waals surface area contributed by atoms with Crippen molar-refractivity contribution in [1.82, 2.24) is 10.2 Å². The summed E-state index contributed by atoms with van der Waals surface area (Å²) in [6.45, 7) is 1.62. The molecule has 1 unspecified atom stereocenters. The molecule has 0 fully saturated rings. The van der Waals surface area contributed by atoms with E-state index in [0.29, 0.717) is 0 Å². The van der Waals surface area contributed by atoms with Crippen LogP contribution in [-0.2, 0) is 9.59 Å². The molecule has 0 bridgehead atoms. The van der Waals surface area contributed by atoms with Crippen molar-refractivity contribution in [2.24, 2.45) is 0 Å². The molecule has 0 rings (SSSR count). The summed E-state index contributed by atoms with van der Waals surface area (Å²) < 4.78 is 0. The average molecular weight is 193 g/mol. The summed E-state index contributed by atoms with van der Waals surface area (Å²) in [6, 6.07) is -0.508. The molecule has 0 aliphatic rings. The van der Waals surface area contributed by atoms with Crippen molar-refractivity contribution in [2.75, 3.05) is 20.0 Å². The van der Waals surface area contributed by atoms with Crippen LogP contribution in [0.1, 0.15) is 6.92 Å². The zero-order valence-electron chi connectivity index (χ0n) is 7.43. The number of rotatable bonds is 3. The Hall–Kier alpha value is -0.770. The lowest BCUT2D eigenvalue weighted by Crippen LogP contribution is -2.44. The number of amides is 2. The Labute approximate surface area is 76.9 Å². The van der Waals surface area contributed by atoms with Crippen LogP contribution in [-0.4, -0.2) is 42.7 Å². The largest absolute Gasteiger partial charge is 0.347 e. The molecule has 0 aromatic heterocycles. The summed E-state index contributed by atoms with van der Waals surface area (Å²) >= 11 is 5.24. The van der Waals surface area contributed by atoms with Crippen LogP contribution in [0.5, 0.6) is 0 Å². The van der Waals surface area contributed by atoms with E-state index in [2.05, 4.69) is 5.32 Å². The fourth-order valence-electron chi connectivity index (χ4n) is 0.729. The van der Waals surface area contributed by atoms with Gasteiger partial charge in [-0.15, -0.1) is 11.6 Å². The van der Waals surface area contributed by atoms with Gasteiger partial charge in [0.05, 0.1) is 0 Å². The molecular formula is C7H13ClN2O2. The minimum Gasteiger partial charge on any atom is -0.347 e. The number of alkyl halides is 1. The summed E-state index contributed by atoms with van der Waals surface area (Å²) in [4.78, 5) is 23.3. The minimum atomic E-state index is -0.508. The first kappa shape index (κ1) is 11.2. The summed E-state index contributed by atoms with van der Waals surface area (Å²) in [5, 5.41) is 2.45. The van der Waals surface area contributed by atoms with Gasteiger partial charge in [0.25, 0.3) is 0 Å². The summed E-state index contributed by atoms with van der Waals surface area (Å²) in [5.41, 5.74) is 0. The van der Waals surface area contributed by atoms with Gasteiger partial charge in [-0.05, 0) is 6.92 Å². The van der Waals surface area contributed by atoms with Crippen LogP contribution in [0.25, 0.3) is 0 Å². The third-order valence-electron chi connectivity index (χ3n) is 1.31. The molecule has 0 aromatic carbocycles. The van der Waals surface area contributed by atoms with Gasteiger partial charge in [-0.1, -0.05) is 0 Å². The van der Waals surface area contributed by atoms with Crippen LogP contribution in [0, 0.1) is 0 Å². The van der Waals surface area contributed by atoms with E-state index < -0.39 is 6.04 Å². The van der Waals surface area contributed by atoms with Gasteiger partial charge in [0.15, 0.2) is 0 Å². The molecule has 0 aliphatic heterocycles. The molecule has 0 heterocycles. The highest BCUT2D eigenvalue weighted by atomic mass is 35.5. The Morgan fingerprint density at radius 3 is 2.33 bits per heavy atom. The Balaban J connectivity index is 3.95. The van der Waals surface area contributed by atoms with Gasteiger partial charge < -0.3 is 10.2 Å². The van der Waals surface area contributed by atoms with E-state index in [0.717, 1.165) is 0 Å². The van der Waals surface area contributed by atoms with E-state index in [4.69, 9.17) is 11.6 Å². The van der Waals surface area contributed by atoms with Gasteiger partial charge >= 0.3 is 0 Å². The maximum absolute atomic E-state index is 11.2. The zero-order valence-corrected chi connectivity index (χ0v) is 8.18. The topological polar surface area (TPSA) is 49.4 Å². The molecule has 12 heavy (non-hydrogen) atoms. The molecule has 5 heteroatoms. The van der Waals surface area contributed by atoms with Crippen molar-refractivity contribution < 1.29 is 9.59 Å². The fourth-order valence-corrected chi connectivity index (χ4v) is 0.806. The van der Waals surface area contributed by atoms with Crippen molar-refractivity contribution in [3.05, 3.63) is 0 Å². The van der Waals surface area contributed by atoms with E-state index in [1.54, 1.807) is 21.0 Å². The van der Waals surface area contributed by atoms with Crippen LogP contribution in [0.2, 0.25) is 0 Å². The maximum atomic E-state index is 11.2. The van der Waals surface area contributed by atoms with Crippen LogP contribution < -0.4 is 5.32 Å². The number of hydrogen-bond acceptors (Lipinski definition) is 2. The van der Waals surface area contributed by atoms with Crippen LogP contribution in [0.15, 0.2) is 0 Å². The number of carbonyl (C=O) groups excluding carboxylic acids is 2. The molecule has 1 N–H and O–H groups in total. The Morgan fingerprint density at radius 1 is 1.50 bits per heavy atom. The van der Waals surface area contributed by atoms with Gasteiger partial charge in [-0.25, -0.2) is 0 Å². The zero-order chi connectivity index (χ0) is 9.72. The molecule has 4 nitrogen and oxygen atoms in total. The predicted octanol–water partition coefficient (Wildman–Crippen LogP) is -0.182. The number of hydrogen-bond donors (Lipinski definition) is 1. The first-order chi connectivity index (χ1) is 5.49. The van der Waals surface area contributed by atoms with E-state index in [1.807, 2.05) is 0 Å². The molecule has 0 spiro atoms. The Bertz CT molecular complexity index is 182. The third kappa shape index (κ3) is 3.57. The Morgan fingerprint density at radius 2 is 2.00 bits per heavy atom. The van der Waals surface area contributed by atoms with Crippen molar-refractivity contribution in [3.8, 4) is 0 Å². The monoisotopic (exact) mass is 192 g/mol. The molecule has 0 aliphatic carbocycles. The molecule has 2 amide bonds. The number of nitrogens with one attached hydrogen (secondary N) is 1. The van der Waals surface area contributed by atoms with Crippen LogP contribution >= 0.6 is 11.6 Å². The van der Waals surface area contributed by atoms with E-state index >= 15 is 0 Å². The molecule has 0 saturated carbocycles. The second-order valence-electron chi connectivity index (χ2n) is 2.66. The van der Waals surface area contributed by atoms with E-state index in [-0.39, 0.29) is 17.7 Å². The summed E-state index contributed by atoms with van der Waals surface area (Å²) in [7, 11) is 3.26. The highest BCUT2D eigenvalue weighted by molar-refractivity contribution is 6.27. The predicted molar refractivity (Wildman–Crippen MR) is 47.0 cm³/mol. The van der Waals surface area contributed by atoms with Gasteiger partial charge in [0, 0.05) is 14.1 Å². The number of halogens is 1. The van der Waals surface area contributed by atoms with Crippen LogP contribution in [0.4, 0.5) is 0 Å². The van der Waals surface area contributed by atoms with Gasteiger partial charge in [-0.2, -0.15) is 0 Å². The lowest BCUT2D eigenvalue weighted by Gasteiger charge is -2.17. The molecule has 0 aromatic rings. The number of nitrogens with zero attached hydrogens (tertiary/aromatic N) is 1. The smallest absolute Gasteiger partial charge is 0.244 e. The van der Waals surface area contributed by atoms with Gasteiger partial charge in [0.2, 0.25) is 11.8 Å². The molecule has 70 valence electrons. The lowest BCUT2D eigenvalue weighted by atomic mass is 10.3. The Kier molecular flexibility index (Phi) is 4.66. The highest BCUT2D eigenvalue weighted by Gasteiger charge is 2.15. The SMILES string of the molecule is CC(NC(=O)CCl)C(=O)N(C)C. The maximum Gasteiger partial charge on any atom is 0.244 e. The minimum absolute atomic E-state index is 0.120. The summed E-state index contributed by atoms with van der Waals surface area (Å²) in [6.07, 6.45) is 0. The molecule has 1 atom stereocenters. The lowest BCUT2D eigenvalue weighted by molar-refractivity contribution is -0.133. The van der Waals surface area contributed by atoms with Crippen molar-refractivity contribution >= 4 is 23.4 Å². The fraction of sp³-hybridized carbons (Fsp3) is 0.714. The third-order valence-corrected chi connectivity index (χ3v) is 1.55. The summed E-state index contributed by atoms with van der Waals surface area (Å²) in [5.74, 6) is -0.599. The number of likely N-dealkylation sites (N-methyl/N-ethyl adjacent to an activating group) is 1. The average Bonchev–Trinajstić information content (AvgIpc) is 2.02. The second kappa shape index (κ2) is 4.98. The van der Waals surface area contributed by atoms with Crippen molar-refractivity contribution in [1.29, 1.82) is 0 Å². The van der Waals surface area contributed by atoms with Crippen molar-refractivity contribution in [2.45, 2.75) is 13.0 Å². The highest BCUT2D eigenvalue weighted by Crippen LogP contribution is 1.88.